The van der Waals surface area contributed by atoms with Gasteiger partial charge >= 0.3 is 0 Å². The van der Waals surface area contributed by atoms with Crippen molar-refractivity contribution in [2.45, 2.75) is 16.6 Å². The van der Waals surface area contributed by atoms with Gasteiger partial charge in [0.05, 0.1) is 19.9 Å². The van der Waals surface area contributed by atoms with E-state index in [-0.39, 0.29) is 30.0 Å². The molecule has 186 valence electrons. The van der Waals surface area contributed by atoms with Crippen LogP contribution < -0.4 is 29.2 Å². The molecule has 5 rings (SSSR count). The third kappa shape index (κ3) is 4.92. The number of rotatable bonds is 6. The minimum absolute atomic E-state index is 0.108. The maximum atomic E-state index is 13.5. The smallest absolute Gasteiger partial charge is 0.244 e. The van der Waals surface area contributed by atoms with E-state index in [4.69, 9.17) is 18.9 Å². The van der Waals surface area contributed by atoms with Crippen molar-refractivity contribution in [2.75, 3.05) is 44.2 Å². The van der Waals surface area contributed by atoms with E-state index in [1.165, 1.54) is 0 Å². The van der Waals surface area contributed by atoms with Crippen LogP contribution in [0.1, 0.15) is 17.2 Å². The molecule has 3 aromatic rings. The Morgan fingerprint density at radius 3 is 2.58 bits per heavy atom. The van der Waals surface area contributed by atoms with Crippen molar-refractivity contribution < 1.29 is 28.5 Å². The highest BCUT2D eigenvalue weighted by atomic mass is 32.2. The summed E-state index contributed by atoms with van der Waals surface area (Å²) in [5.74, 6) is 2.03. The zero-order chi connectivity index (χ0) is 25.1. The Bertz CT molecular complexity index is 1300. The minimum Gasteiger partial charge on any atom is -0.493 e. The molecule has 2 heterocycles. The van der Waals surface area contributed by atoms with Gasteiger partial charge in [-0.25, -0.2) is 0 Å². The van der Waals surface area contributed by atoms with E-state index in [1.807, 2.05) is 42.5 Å². The largest absolute Gasteiger partial charge is 0.493 e. The highest BCUT2D eigenvalue weighted by Gasteiger charge is 2.31. The molecule has 0 saturated carbocycles. The first kappa shape index (κ1) is 23.9. The molecule has 2 amide bonds. The maximum Gasteiger partial charge on any atom is 0.244 e. The van der Waals surface area contributed by atoms with Gasteiger partial charge in [-0.05, 0) is 42.0 Å². The van der Waals surface area contributed by atoms with Gasteiger partial charge in [0.15, 0.2) is 23.0 Å². The van der Waals surface area contributed by atoms with Crippen molar-refractivity contribution in [3.8, 4) is 23.0 Å². The quantitative estimate of drug-likeness (QED) is 0.519. The van der Waals surface area contributed by atoms with Gasteiger partial charge in [-0.3, -0.25) is 9.59 Å². The molecule has 36 heavy (non-hydrogen) atoms. The number of thioether (sulfide) groups is 1. The van der Waals surface area contributed by atoms with E-state index in [2.05, 4.69) is 5.32 Å². The molecule has 0 unspecified atom stereocenters. The SMILES string of the molecule is COc1ccc([C@H]2CC(=O)N(CC(=O)Nc3ccc4c(c3)OCCO4)c3ccccc3S2)cc1OC. The molecule has 1 atom stereocenters. The second-order valence-corrected chi connectivity index (χ2v) is 9.52. The summed E-state index contributed by atoms with van der Waals surface area (Å²) in [4.78, 5) is 28.9. The van der Waals surface area contributed by atoms with Crippen LogP contribution in [0.4, 0.5) is 11.4 Å². The van der Waals surface area contributed by atoms with Gasteiger partial charge in [-0.2, -0.15) is 0 Å². The molecule has 0 radical (unpaired) electrons. The number of hydrogen-bond donors (Lipinski definition) is 1. The number of anilines is 2. The average Bonchev–Trinajstić information content (AvgIpc) is 3.04. The second-order valence-electron chi connectivity index (χ2n) is 8.28. The van der Waals surface area contributed by atoms with Crippen LogP contribution in [0.3, 0.4) is 0 Å². The number of carbonyl (C=O) groups excluding carboxylic acids is 2. The van der Waals surface area contributed by atoms with Gasteiger partial charge in [0, 0.05) is 28.3 Å². The number of carbonyl (C=O) groups is 2. The standard InChI is InChI=1S/C27H26N2O6S/c1-32-20-9-7-17(13-22(20)33-2)25-15-27(31)29(19-5-3-4-6-24(19)36-25)16-26(30)28-18-8-10-21-23(14-18)35-12-11-34-21/h3-10,13-14,25H,11-12,15-16H2,1-2H3,(H,28,30)/t25-/m1/s1. The zero-order valence-electron chi connectivity index (χ0n) is 20.0. The fraction of sp³-hybridized carbons (Fsp3) is 0.259. The van der Waals surface area contributed by atoms with Crippen molar-refractivity contribution in [1.82, 2.24) is 0 Å². The molecule has 2 aliphatic rings. The average molecular weight is 507 g/mol. The van der Waals surface area contributed by atoms with Gasteiger partial charge in [0.1, 0.15) is 19.8 Å². The number of hydrogen-bond acceptors (Lipinski definition) is 7. The molecule has 1 N–H and O–H groups in total. The van der Waals surface area contributed by atoms with Crippen LogP contribution in [0, 0.1) is 0 Å². The summed E-state index contributed by atoms with van der Waals surface area (Å²) in [6.07, 6.45) is 0.228. The molecule has 3 aromatic carbocycles. The molecule has 0 aromatic heterocycles. The van der Waals surface area contributed by atoms with Crippen molar-refractivity contribution in [3.63, 3.8) is 0 Å². The summed E-state index contributed by atoms with van der Waals surface area (Å²) >= 11 is 1.60. The Morgan fingerprint density at radius 2 is 1.78 bits per heavy atom. The fourth-order valence-corrected chi connectivity index (χ4v) is 5.53. The summed E-state index contributed by atoms with van der Waals surface area (Å²) in [6, 6.07) is 18.6. The molecular weight excluding hydrogens is 480 g/mol. The van der Waals surface area contributed by atoms with Gasteiger partial charge in [-0.1, -0.05) is 18.2 Å². The number of ether oxygens (including phenoxy) is 4. The first-order valence-electron chi connectivity index (χ1n) is 11.5. The number of amides is 2. The molecule has 0 aliphatic carbocycles. The van der Waals surface area contributed by atoms with E-state index >= 15 is 0 Å². The first-order chi connectivity index (χ1) is 17.6. The summed E-state index contributed by atoms with van der Waals surface area (Å²) < 4.78 is 22.0. The lowest BCUT2D eigenvalue weighted by Crippen LogP contribution is -2.38. The van der Waals surface area contributed by atoms with Crippen LogP contribution in [-0.4, -0.2) is 45.8 Å². The maximum absolute atomic E-state index is 13.5. The second kappa shape index (κ2) is 10.4. The third-order valence-corrected chi connectivity index (χ3v) is 7.32. The van der Waals surface area contributed by atoms with Gasteiger partial charge < -0.3 is 29.2 Å². The van der Waals surface area contributed by atoms with E-state index in [0.717, 1.165) is 10.5 Å². The molecule has 8 nitrogen and oxygen atoms in total. The lowest BCUT2D eigenvalue weighted by atomic mass is 10.1. The molecule has 9 heteroatoms. The number of fused-ring (bicyclic) bond motifs is 2. The number of methoxy groups -OCH3 is 2. The number of nitrogens with zero attached hydrogens (tertiary/aromatic N) is 1. The van der Waals surface area contributed by atoms with Crippen LogP contribution in [0.15, 0.2) is 65.6 Å². The third-order valence-electron chi connectivity index (χ3n) is 5.99. The normalized spacial score (nSPS) is 16.6. The Hall–Kier alpha value is -3.85. The molecule has 0 bridgehead atoms. The molecule has 2 aliphatic heterocycles. The minimum atomic E-state index is -0.301. The predicted octanol–water partition coefficient (Wildman–Crippen LogP) is 4.68. The highest BCUT2D eigenvalue weighted by molar-refractivity contribution is 7.99. The molecule has 0 saturated heterocycles. The summed E-state index contributed by atoms with van der Waals surface area (Å²) in [5, 5.41) is 2.73. The van der Waals surface area contributed by atoms with Gasteiger partial charge in [0.25, 0.3) is 0 Å². The van der Waals surface area contributed by atoms with Crippen LogP contribution in [-0.2, 0) is 9.59 Å². The fourth-order valence-electron chi connectivity index (χ4n) is 4.26. The molecular formula is C27H26N2O6S. The van der Waals surface area contributed by atoms with E-state index in [9.17, 15) is 9.59 Å². The van der Waals surface area contributed by atoms with Gasteiger partial charge in [0.2, 0.25) is 11.8 Å². The number of para-hydroxylation sites is 1. The molecule has 0 fully saturated rings. The summed E-state index contributed by atoms with van der Waals surface area (Å²) in [6.45, 7) is 0.851. The van der Waals surface area contributed by atoms with E-state index in [1.54, 1.807) is 49.1 Å². The van der Waals surface area contributed by atoms with Crippen molar-refractivity contribution in [1.29, 1.82) is 0 Å². The van der Waals surface area contributed by atoms with Crippen LogP contribution in [0.25, 0.3) is 0 Å². The monoisotopic (exact) mass is 506 g/mol. The van der Waals surface area contributed by atoms with Gasteiger partial charge in [-0.15, -0.1) is 11.8 Å². The van der Waals surface area contributed by atoms with Crippen molar-refractivity contribution in [3.05, 3.63) is 66.2 Å². The predicted molar refractivity (Wildman–Crippen MR) is 138 cm³/mol. The van der Waals surface area contributed by atoms with E-state index in [0.29, 0.717) is 47.6 Å². The topological polar surface area (TPSA) is 86.3 Å². The lowest BCUT2D eigenvalue weighted by Gasteiger charge is -2.22. The highest BCUT2D eigenvalue weighted by Crippen LogP contribution is 2.46. The first-order valence-corrected chi connectivity index (χ1v) is 12.4. The Kier molecular flexibility index (Phi) is 6.90. The van der Waals surface area contributed by atoms with E-state index < -0.39 is 0 Å². The number of nitrogens with one attached hydrogen (secondary N) is 1. The zero-order valence-corrected chi connectivity index (χ0v) is 20.8. The molecule has 0 spiro atoms. The van der Waals surface area contributed by atoms with Crippen LogP contribution >= 0.6 is 11.8 Å². The van der Waals surface area contributed by atoms with Crippen molar-refractivity contribution >= 4 is 35.0 Å². The summed E-state index contributed by atoms with van der Waals surface area (Å²) in [5.41, 5.74) is 2.24. The number of benzene rings is 3. The summed E-state index contributed by atoms with van der Waals surface area (Å²) in [7, 11) is 3.18. The Morgan fingerprint density at radius 1 is 1.00 bits per heavy atom. The Labute approximate surface area is 213 Å². The van der Waals surface area contributed by atoms with Crippen LogP contribution in [0.5, 0.6) is 23.0 Å². The lowest BCUT2D eigenvalue weighted by molar-refractivity contribution is -0.121. The Balaban J connectivity index is 1.37. The van der Waals surface area contributed by atoms with Crippen molar-refractivity contribution in [2.24, 2.45) is 0 Å². The van der Waals surface area contributed by atoms with Crippen LogP contribution in [0.2, 0.25) is 0 Å².